The molecule has 28 heavy (non-hydrogen) atoms. The normalized spacial score (nSPS) is 20.5. The van der Waals surface area contributed by atoms with Gasteiger partial charge in [-0.25, -0.2) is 21.9 Å². The van der Waals surface area contributed by atoms with Crippen molar-refractivity contribution in [1.82, 2.24) is 4.72 Å². The number of hydrogen-bond acceptors (Lipinski definition) is 2. The van der Waals surface area contributed by atoms with Crippen molar-refractivity contribution in [3.05, 3.63) is 54.1 Å². The highest BCUT2D eigenvalue weighted by molar-refractivity contribution is 7.89. The summed E-state index contributed by atoms with van der Waals surface area (Å²) < 4.78 is 55.2. The van der Waals surface area contributed by atoms with Crippen molar-refractivity contribution in [3.63, 3.8) is 0 Å². The summed E-state index contributed by atoms with van der Waals surface area (Å²) in [5.74, 6) is 0.0352. The van der Waals surface area contributed by atoms with Gasteiger partial charge in [0.15, 0.2) is 0 Å². The monoisotopic (exact) mass is 407 g/mol. The van der Waals surface area contributed by atoms with E-state index in [1.165, 1.54) is 30.7 Å². The molecule has 0 aliphatic heterocycles. The Balaban J connectivity index is 1.66. The molecule has 0 aromatic heterocycles. The van der Waals surface area contributed by atoms with Gasteiger partial charge >= 0.3 is 0 Å². The lowest BCUT2D eigenvalue weighted by molar-refractivity contribution is 0.274. The predicted octanol–water partition coefficient (Wildman–Crippen LogP) is 5.52. The number of benzene rings is 2. The number of rotatable bonds is 6. The molecule has 3 rings (SSSR count). The molecule has 6 heteroatoms. The van der Waals surface area contributed by atoms with Crippen LogP contribution < -0.4 is 4.72 Å². The Hall–Kier alpha value is -1.79. The summed E-state index contributed by atoms with van der Waals surface area (Å²) in [7, 11) is -3.62. The van der Waals surface area contributed by atoms with Gasteiger partial charge in [-0.2, -0.15) is 0 Å². The van der Waals surface area contributed by atoms with Gasteiger partial charge in [-0.3, -0.25) is 0 Å². The van der Waals surface area contributed by atoms with E-state index < -0.39 is 21.7 Å². The van der Waals surface area contributed by atoms with E-state index in [1.54, 1.807) is 12.1 Å². The van der Waals surface area contributed by atoms with Crippen molar-refractivity contribution in [2.24, 2.45) is 11.8 Å². The van der Waals surface area contributed by atoms with Crippen LogP contribution in [-0.4, -0.2) is 14.5 Å². The molecule has 0 atom stereocenters. The minimum Gasteiger partial charge on any atom is -0.208 e. The molecule has 0 unspecified atom stereocenters. The van der Waals surface area contributed by atoms with Crippen LogP contribution in [-0.2, 0) is 10.0 Å². The molecular weight excluding hydrogens is 380 g/mol. The number of nitrogens with one attached hydrogen (secondary N) is 1. The zero-order valence-electron chi connectivity index (χ0n) is 16.3. The predicted molar refractivity (Wildman–Crippen MR) is 107 cm³/mol. The van der Waals surface area contributed by atoms with Gasteiger partial charge in [-0.1, -0.05) is 26.0 Å². The molecule has 1 saturated carbocycles. The summed E-state index contributed by atoms with van der Waals surface area (Å²) in [5.41, 5.74) is 0.743. The van der Waals surface area contributed by atoms with Crippen LogP contribution in [0.2, 0.25) is 0 Å². The summed E-state index contributed by atoms with van der Waals surface area (Å²) in [6.07, 6.45) is 5.01. The standard InChI is InChI=1S/C22H27F2NO2S/c1-15(2)13-16-3-8-19(9-4-16)25-28(26,27)20-10-5-17(6-11-20)21-12-7-18(23)14-22(21)24/h5-7,10-12,14-16,19,25H,3-4,8-9,13H2,1-2H3. The Morgan fingerprint density at radius 3 is 2.21 bits per heavy atom. The smallest absolute Gasteiger partial charge is 0.208 e. The van der Waals surface area contributed by atoms with Gasteiger partial charge in [0.1, 0.15) is 11.6 Å². The van der Waals surface area contributed by atoms with Crippen LogP contribution in [0.4, 0.5) is 8.78 Å². The topological polar surface area (TPSA) is 46.2 Å². The average Bonchev–Trinajstić information content (AvgIpc) is 2.63. The van der Waals surface area contributed by atoms with E-state index >= 15 is 0 Å². The molecule has 1 fully saturated rings. The fourth-order valence-electron chi connectivity index (χ4n) is 4.01. The molecular formula is C22H27F2NO2S. The third-order valence-electron chi connectivity index (χ3n) is 5.38. The molecule has 152 valence electrons. The van der Waals surface area contributed by atoms with Crippen LogP contribution >= 0.6 is 0 Å². The second-order valence-corrected chi connectivity index (χ2v) is 9.83. The molecule has 3 nitrogen and oxygen atoms in total. The summed E-state index contributed by atoms with van der Waals surface area (Å²) in [6.45, 7) is 4.44. The van der Waals surface area contributed by atoms with Gasteiger partial charge in [0.25, 0.3) is 0 Å². The van der Waals surface area contributed by atoms with E-state index in [1.807, 2.05) is 0 Å². The third-order valence-corrected chi connectivity index (χ3v) is 6.92. The van der Waals surface area contributed by atoms with Gasteiger partial charge < -0.3 is 0 Å². The fraction of sp³-hybridized carbons (Fsp3) is 0.455. The third kappa shape index (κ3) is 5.17. The highest BCUT2D eigenvalue weighted by Gasteiger charge is 2.26. The molecule has 1 aliphatic rings. The molecule has 0 radical (unpaired) electrons. The lowest BCUT2D eigenvalue weighted by atomic mass is 9.82. The molecule has 1 aliphatic carbocycles. The Morgan fingerprint density at radius 1 is 1.00 bits per heavy atom. The summed E-state index contributed by atoms with van der Waals surface area (Å²) in [5, 5.41) is 0. The Kier molecular flexibility index (Phi) is 6.50. The van der Waals surface area contributed by atoms with Gasteiger partial charge in [0.2, 0.25) is 10.0 Å². The van der Waals surface area contributed by atoms with Crippen molar-refractivity contribution in [2.75, 3.05) is 0 Å². The van der Waals surface area contributed by atoms with Crippen molar-refractivity contribution in [3.8, 4) is 11.1 Å². The van der Waals surface area contributed by atoms with E-state index in [4.69, 9.17) is 0 Å². The van der Waals surface area contributed by atoms with E-state index in [-0.39, 0.29) is 16.5 Å². The zero-order chi connectivity index (χ0) is 20.3. The Bertz CT molecular complexity index is 903. The lowest BCUT2D eigenvalue weighted by Gasteiger charge is -2.29. The van der Waals surface area contributed by atoms with Crippen molar-refractivity contribution >= 4 is 10.0 Å². The molecule has 2 aromatic rings. The minimum absolute atomic E-state index is 0.0392. The van der Waals surface area contributed by atoms with Crippen LogP contribution in [0, 0.1) is 23.5 Å². The Morgan fingerprint density at radius 2 is 1.64 bits per heavy atom. The first-order chi connectivity index (χ1) is 13.2. The van der Waals surface area contributed by atoms with E-state index in [9.17, 15) is 17.2 Å². The molecule has 0 bridgehead atoms. The number of halogens is 2. The van der Waals surface area contributed by atoms with Gasteiger partial charge in [-0.15, -0.1) is 0 Å². The average molecular weight is 408 g/mol. The molecule has 1 N–H and O–H groups in total. The quantitative estimate of drug-likeness (QED) is 0.686. The summed E-state index contributed by atoms with van der Waals surface area (Å²) in [6, 6.07) is 9.33. The zero-order valence-corrected chi connectivity index (χ0v) is 17.1. The molecule has 0 amide bonds. The van der Waals surface area contributed by atoms with Crippen molar-refractivity contribution in [2.45, 2.75) is 56.9 Å². The van der Waals surface area contributed by atoms with Gasteiger partial charge in [0.05, 0.1) is 4.90 Å². The maximum atomic E-state index is 13.9. The minimum atomic E-state index is -3.62. The first-order valence-corrected chi connectivity index (χ1v) is 11.3. The highest BCUT2D eigenvalue weighted by atomic mass is 32.2. The maximum absolute atomic E-state index is 13.9. The summed E-state index contributed by atoms with van der Waals surface area (Å²) >= 11 is 0. The SMILES string of the molecule is CC(C)CC1CCC(NS(=O)(=O)c2ccc(-c3ccc(F)cc3F)cc2)CC1. The molecule has 2 aromatic carbocycles. The maximum Gasteiger partial charge on any atom is 0.240 e. The van der Waals surface area contributed by atoms with Gasteiger partial charge in [-0.05, 0) is 73.8 Å². The first-order valence-electron chi connectivity index (χ1n) is 9.82. The van der Waals surface area contributed by atoms with E-state index in [0.29, 0.717) is 17.4 Å². The molecule has 0 heterocycles. The Labute approximate surface area is 166 Å². The van der Waals surface area contributed by atoms with Crippen LogP contribution in [0.25, 0.3) is 11.1 Å². The fourth-order valence-corrected chi connectivity index (χ4v) is 5.31. The van der Waals surface area contributed by atoms with Crippen molar-refractivity contribution in [1.29, 1.82) is 0 Å². The van der Waals surface area contributed by atoms with Crippen LogP contribution in [0.15, 0.2) is 47.4 Å². The van der Waals surface area contributed by atoms with E-state index in [0.717, 1.165) is 31.7 Å². The second kappa shape index (κ2) is 8.70. The second-order valence-electron chi connectivity index (χ2n) is 8.12. The number of sulfonamides is 1. The van der Waals surface area contributed by atoms with Crippen LogP contribution in [0.5, 0.6) is 0 Å². The highest BCUT2D eigenvalue weighted by Crippen LogP contribution is 2.30. The molecule has 0 spiro atoms. The van der Waals surface area contributed by atoms with Crippen molar-refractivity contribution < 1.29 is 17.2 Å². The van der Waals surface area contributed by atoms with Gasteiger partial charge in [0, 0.05) is 17.7 Å². The first kappa shape index (κ1) is 20.9. The lowest BCUT2D eigenvalue weighted by Crippen LogP contribution is -2.37. The van der Waals surface area contributed by atoms with Crippen LogP contribution in [0.1, 0.15) is 46.0 Å². The van der Waals surface area contributed by atoms with E-state index in [2.05, 4.69) is 18.6 Å². The van der Waals surface area contributed by atoms with Crippen LogP contribution in [0.3, 0.4) is 0 Å². The molecule has 0 saturated heterocycles. The summed E-state index contributed by atoms with van der Waals surface area (Å²) in [4.78, 5) is 0.156. The number of hydrogen-bond donors (Lipinski definition) is 1. The largest absolute Gasteiger partial charge is 0.240 e.